The molecule has 1 aromatic carbocycles. The summed E-state index contributed by atoms with van der Waals surface area (Å²) in [6, 6.07) is 7.09. The SMILES string of the molecule is Cl.O=C(CS(=O)(=O)Cc1ccc(Br)cc1)NC1CCNC1. The first-order valence-electron chi connectivity index (χ1n) is 6.39. The summed E-state index contributed by atoms with van der Waals surface area (Å²) in [6.45, 7) is 1.56. The van der Waals surface area contributed by atoms with Crippen LogP contribution in [0.1, 0.15) is 12.0 Å². The molecular formula is C13H18BrClN2O3S. The van der Waals surface area contributed by atoms with Crippen LogP contribution in [0, 0.1) is 0 Å². The first-order chi connectivity index (χ1) is 9.44. The van der Waals surface area contributed by atoms with Gasteiger partial charge in [-0.1, -0.05) is 28.1 Å². The predicted molar refractivity (Wildman–Crippen MR) is 88.3 cm³/mol. The fourth-order valence-corrected chi connectivity index (χ4v) is 3.68. The van der Waals surface area contributed by atoms with Crippen molar-refractivity contribution in [2.75, 3.05) is 18.8 Å². The maximum absolute atomic E-state index is 12.0. The second kappa shape index (κ2) is 8.12. The number of sulfone groups is 1. The van der Waals surface area contributed by atoms with Crippen LogP contribution in [0.25, 0.3) is 0 Å². The molecule has 0 saturated carbocycles. The average molecular weight is 398 g/mol. The number of hydrogen-bond acceptors (Lipinski definition) is 4. The minimum absolute atomic E-state index is 0. The summed E-state index contributed by atoms with van der Waals surface area (Å²) in [5.41, 5.74) is 0.684. The quantitative estimate of drug-likeness (QED) is 0.784. The highest BCUT2D eigenvalue weighted by Crippen LogP contribution is 2.13. The minimum atomic E-state index is -3.44. The van der Waals surface area contributed by atoms with Crippen LogP contribution in [0.15, 0.2) is 28.7 Å². The Bertz CT molecular complexity index is 572. The third-order valence-corrected chi connectivity index (χ3v) is 5.08. The monoisotopic (exact) mass is 396 g/mol. The van der Waals surface area contributed by atoms with Crippen LogP contribution >= 0.6 is 28.3 Å². The zero-order valence-electron chi connectivity index (χ0n) is 11.3. The smallest absolute Gasteiger partial charge is 0.235 e. The molecule has 1 aliphatic rings. The summed E-state index contributed by atoms with van der Waals surface area (Å²) in [5.74, 6) is -0.994. The molecule has 21 heavy (non-hydrogen) atoms. The van der Waals surface area contributed by atoms with E-state index in [0.29, 0.717) is 12.1 Å². The van der Waals surface area contributed by atoms with Crippen molar-refractivity contribution in [1.82, 2.24) is 10.6 Å². The Balaban J connectivity index is 0.00000220. The first kappa shape index (κ1) is 18.4. The van der Waals surface area contributed by atoms with Gasteiger partial charge in [-0.25, -0.2) is 8.42 Å². The molecule has 1 amide bonds. The Morgan fingerprint density at radius 1 is 1.33 bits per heavy atom. The molecule has 0 aliphatic carbocycles. The van der Waals surface area contributed by atoms with Gasteiger partial charge in [0.05, 0.1) is 5.75 Å². The number of rotatable bonds is 5. The molecule has 1 unspecified atom stereocenters. The van der Waals surface area contributed by atoms with E-state index in [1.165, 1.54) is 0 Å². The molecule has 2 N–H and O–H groups in total. The van der Waals surface area contributed by atoms with Gasteiger partial charge in [-0.05, 0) is 30.7 Å². The molecule has 5 nitrogen and oxygen atoms in total. The van der Waals surface area contributed by atoms with Gasteiger partial charge in [0.1, 0.15) is 5.75 Å². The highest BCUT2D eigenvalue weighted by Gasteiger charge is 2.21. The highest BCUT2D eigenvalue weighted by molar-refractivity contribution is 9.10. The number of carbonyl (C=O) groups is 1. The van der Waals surface area contributed by atoms with Crippen molar-refractivity contribution in [2.45, 2.75) is 18.2 Å². The van der Waals surface area contributed by atoms with Crippen molar-refractivity contribution in [3.63, 3.8) is 0 Å². The summed E-state index contributed by atoms with van der Waals surface area (Å²) < 4.78 is 24.9. The Labute approximate surface area is 139 Å². The molecular weight excluding hydrogens is 380 g/mol. The van der Waals surface area contributed by atoms with Gasteiger partial charge in [0.15, 0.2) is 9.84 Å². The van der Waals surface area contributed by atoms with E-state index in [4.69, 9.17) is 0 Å². The van der Waals surface area contributed by atoms with Crippen LogP contribution in [0.2, 0.25) is 0 Å². The van der Waals surface area contributed by atoms with Crippen molar-refractivity contribution in [3.8, 4) is 0 Å². The number of hydrogen-bond donors (Lipinski definition) is 2. The minimum Gasteiger partial charge on any atom is -0.351 e. The Kier molecular flexibility index (Phi) is 7.12. The van der Waals surface area contributed by atoms with Crippen LogP contribution in [0.3, 0.4) is 0 Å². The van der Waals surface area contributed by atoms with E-state index in [2.05, 4.69) is 26.6 Å². The summed E-state index contributed by atoms with van der Waals surface area (Å²) in [6.07, 6.45) is 0.846. The molecule has 1 atom stereocenters. The van der Waals surface area contributed by atoms with Crippen molar-refractivity contribution >= 4 is 44.1 Å². The molecule has 8 heteroatoms. The molecule has 1 heterocycles. The summed E-state index contributed by atoms with van der Waals surface area (Å²) in [4.78, 5) is 11.7. The van der Waals surface area contributed by atoms with E-state index < -0.39 is 21.5 Å². The summed E-state index contributed by atoms with van der Waals surface area (Å²) >= 11 is 3.29. The van der Waals surface area contributed by atoms with E-state index >= 15 is 0 Å². The largest absolute Gasteiger partial charge is 0.351 e. The van der Waals surface area contributed by atoms with Crippen LogP contribution < -0.4 is 10.6 Å². The lowest BCUT2D eigenvalue weighted by Crippen LogP contribution is -2.39. The molecule has 0 bridgehead atoms. The van der Waals surface area contributed by atoms with Gasteiger partial charge in [0.2, 0.25) is 5.91 Å². The van der Waals surface area contributed by atoms with Crippen LogP contribution in [0.4, 0.5) is 0 Å². The van der Waals surface area contributed by atoms with Crippen LogP contribution in [-0.4, -0.2) is 39.2 Å². The molecule has 0 spiro atoms. The predicted octanol–water partition coefficient (Wildman–Crippen LogP) is 1.26. The normalized spacial score (nSPS) is 18.0. The number of amides is 1. The van der Waals surface area contributed by atoms with E-state index in [0.717, 1.165) is 17.4 Å². The number of nitrogens with one attached hydrogen (secondary N) is 2. The molecule has 2 rings (SSSR count). The molecule has 1 saturated heterocycles. The highest BCUT2D eigenvalue weighted by atomic mass is 79.9. The first-order valence-corrected chi connectivity index (χ1v) is 9.01. The summed E-state index contributed by atoms with van der Waals surface area (Å²) in [7, 11) is -3.44. The zero-order chi connectivity index (χ0) is 14.6. The molecule has 0 radical (unpaired) electrons. The second-order valence-electron chi connectivity index (χ2n) is 4.92. The summed E-state index contributed by atoms with van der Waals surface area (Å²) in [5, 5.41) is 5.86. The van der Waals surface area contributed by atoms with E-state index in [9.17, 15) is 13.2 Å². The van der Waals surface area contributed by atoms with Crippen LogP contribution in [-0.2, 0) is 20.4 Å². The van der Waals surface area contributed by atoms with Crippen molar-refractivity contribution < 1.29 is 13.2 Å². The lowest BCUT2D eigenvalue weighted by molar-refractivity contribution is -0.119. The van der Waals surface area contributed by atoms with Gasteiger partial charge in [0.25, 0.3) is 0 Å². The molecule has 1 aliphatic heterocycles. The average Bonchev–Trinajstić information content (AvgIpc) is 2.83. The maximum atomic E-state index is 12.0. The number of carbonyl (C=O) groups excluding carboxylic acids is 1. The third kappa shape index (κ3) is 6.34. The second-order valence-corrected chi connectivity index (χ2v) is 7.90. The topological polar surface area (TPSA) is 75.3 Å². The van der Waals surface area contributed by atoms with Gasteiger partial charge < -0.3 is 10.6 Å². The Morgan fingerprint density at radius 3 is 2.57 bits per heavy atom. The van der Waals surface area contributed by atoms with E-state index in [1.807, 2.05) is 0 Å². The van der Waals surface area contributed by atoms with Gasteiger partial charge in [-0.15, -0.1) is 12.4 Å². The molecule has 1 aromatic rings. The number of halogens is 2. The lowest BCUT2D eigenvalue weighted by Gasteiger charge is -2.11. The molecule has 1 fully saturated rings. The molecule has 0 aromatic heterocycles. The zero-order valence-corrected chi connectivity index (χ0v) is 14.6. The van der Waals surface area contributed by atoms with Gasteiger partial charge in [-0.3, -0.25) is 4.79 Å². The number of benzene rings is 1. The van der Waals surface area contributed by atoms with E-state index in [1.54, 1.807) is 24.3 Å². The van der Waals surface area contributed by atoms with Gasteiger partial charge >= 0.3 is 0 Å². The van der Waals surface area contributed by atoms with Crippen molar-refractivity contribution in [3.05, 3.63) is 34.3 Å². The fraction of sp³-hybridized carbons (Fsp3) is 0.462. The lowest BCUT2D eigenvalue weighted by atomic mass is 10.2. The maximum Gasteiger partial charge on any atom is 0.235 e. The van der Waals surface area contributed by atoms with Gasteiger partial charge in [0, 0.05) is 17.1 Å². The Hall–Kier alpha value is -0.630. The Morgan fingerprint density at radius 2 is 2.00 bits per heavy atom. The standard InChI is InChI=1S/C13H17BrN2O3S.ClH/c14-11-3-1-10(2-4-11)8-20(18,19)9-13(17)16-12-5-6-15-7-12;/h1-4,12,15H,5-9H2,(H,16,17);1H. The van der Waals surface area contributed by atoms with Gasteiger partial charge in [-0.2, -0.15) is 0 Å². The fourth-order valence-electron chi connectivity index (χ4n) is 2.13. The van der Waals surface area contributed by atoms with Crippen LogP contribution in [0.5, 0.6) is 0 Å². The van der Waals surface area contributed by atoms with Crippen molar-refractivity contribution in [1.29, 1.82) is 0 Å². The molecule has 118 valence electrons. The van der Waals surface area contributed by atoms with E-state index in [-0.39, 0.29) is 24.2 Å². The third-order valence-electron chi connectivity index (χ3n) is 3.08. The van der Waals surface area contributed by atoms with Crippen molar-refractivity contribution in [2.24, 2.45) is 0 Å².